The van der Waals surface area contributed by atoms with Gasteiger partial charge in [-0.1, -0.05) is 6.07 Å². The molecule has 0 spiro atoms. The Morgan fingerprint density at radius 3 is 2.51 bits per heavy atom. The van der Waals surface area contributed by atoms with Crippen LogP contribution in [0.3, 0.4) is 0 Å². The summed E-state index contributed by atoms with van der Waals surface area (Å²) in [5.74, 6) is 1.80. The fraction of sp³-hybridized carbons (Fsp3) is 0.500. The van der Waals surface area contributed by atoms with Gasteiger partial charge < -0.3 is 29.2 Å². The fourth-order valence-electron chi connectivity index (χ4n) is 5.05. The summed E-state index contributed by atoms with van der Waals surface area (Å²) in [6.07, 6.45) is 0.514. The quantitative estimate of drug-likeness (QED) is 0.524. The molecule has 1 saturated heterocycles. The average molecular weight is 566 g/mol. The molecule has 2 aromatic rings. The van der Waals surface area contributed by atoms with Crippen molar-refractivity contribution in [3.63, 3.8) is 0 Å². The lowest BCUT2D eigenvalue weighted by atomic mass is 9.98. The van der Waals surface area contributed by atoms with Crippen molar-refractivity contribution in [3.05, 3.63) is 53.6 Å². The molecule has 3 aliphatic heterocycles. The second-order valence-corrected chi connectivity index (χ2v) is 11.4. The molecule has 5 rings (SSSR count). The number of carbonyl (C=O) groups excluding carboxylic acids is 2. The predicted molar refractivity (Wildman–Crippen MR) is 153 cm³/mol. The van der Waals surface area contributed by atoms with E-state index in [9.17, 15) is 9.59 Å². The van der Waals surface area contributed by atoms with E-state index in [2.05, 4.69) is 10.2 Å². The van der Waals surface area contributed by atoms with E-state index in [4.69, 9.17) is 24.0 Å². The third-order valence-electron chi connectivity index (χ3n) is 7.26. The molecule has 0 radical (unpaired) electrons. The van der Waals surface area contributed by atoms with Crippen LogP contribution in [-0.4, -0.2) is 97.8 Å². The van der Waals surface area contributed by atoms with Crippen molar-refractivity contribution >= 4 is 17.6 Å². The van der Waals surface area contributed by atoms with Gasteiger partial charge >= 0.3 is 6.03 Å². The molecular formula is C30H39N5O6. The lowest BCUT2D eigenvalue weighted by molar-refractivity contribution is -0.133. The number of methoxy groups -OCH3 is 1. The van der Waals surface area contributed by atoms with Gasteiger partial charge in [-0.3, -0.25) is 9.69 Å². The number of rotatable bonds is 8. The molecule has 0 aliphatic carbocycles. The van der Waals surface area contributed by atoms with Crippen LogP contribution in [0.2, 0.25) is 0 Å². The van der Waals surface area contributed by atoms with Crippen molar-refractivity contribution in [1.29, 1.82) is 0 Å². The third-order valence-corrected chi connectivity index (χ3v) is 7.26. The highest BCUT2D eigenvalue weighted by Gasteiger charge is 2.35. The summed E-state index contributed by atoms with van der Waals surface area (Å²) < 4.78 is 21.9. The molecule has 3 heterocycles. The molecule has 3 amide bonds. The number of morpholine rings is 1. The summed E-state index contributed by atoms with van der Waals surface area (Å²) in [7, 11) is 1.62. The normalized spacial score (nSPS) is 18.7. The van der Waals surface area contributed by atoms with Crippen molar-refractivity contribution in [1.82, 2.24) is 20.1 Å². The number of urea groups is 1. The van der Waals surface area contributed by atoms with Crippen LogP contribution in [0.5, 0.6) is 17.2 Å². The summed E-state index contributed by atoms with van der Waals surface area (Å²) in [6.45, 7) is 9.84. The number of amides is 3. The van der Waals surface area contributed by atoms with E-state index >= 15 is 0 Å². The van der Waals surface area contributed by atoms with Crippen LogP contribution in [0.15, 0.2) is 47.6 Å². The minimum atomic E-state index is -0.445. The van der Waals surface area contributed by atoms with Gasteiger partial charge in [0.2, 0.25) is 6.79 Å². The SMILES string of the molecule is COc1ccc(C2=NN(C(=O)CN(CCN3CCOCC3)C(=O)NC(C)(C)C)[C@H](c3ccc4c(c3)OCO4)C2)cc1. The molecule has 1 fully saturated rings. The van der Waals surface area contributed by atoms with Gasteiger partial charge in [0.05, 0.1) is 32.1 Å². The monoisotopic (exact) mass is 565 g/mol. The summed E-state index contributed by atoms with van der Waals surface area (Å²) in [4.78, 5) is 31.1. The van der Waals surface area contributed by atoms with Gasteiger partial charge in [-0.15, -0.1) is 0 Å². The van der Waals surface area contributed by atoms with E-state index in [0.717, 1.165) is 35.7 Å². The highest BCUT2D eigenvalue weighted by molar-refractivity contribution is 6.03. The van der Waals surface area contributed by atoms with Crippen molar-refractivity contribution in [2.45, 2.75) is 38.8 Å². The molecule has 1 atom stereocenters. The first-order valence-corrected chi connectivity index (χ1v) is 14.0. The Morgan fingerprint density at radius 1 is 1.07 bits per heavy atom. The molecule has 41 heavy (non-hydrogen) atoms. The Balaban J connectivity index is 1.39. The second kappa shape index (κ2) is 12.4. The molecule has 2 aromatic carbocycles. The summed E-state index contributed by atoms with van der Waals surface area (Å²) in [5, 5.41) is 9.34. The topological polar surface area (TPSA) is 105 Å². The molecular weight excluding hydrogens is 526 g/mol. The first-order valence-electron chi connectivity index (χ1n) is 14.0. The van der Waals surface area contributed by atoms with Crippen LogP contribution >= 0.6 is 0 Å². The number of carbonyl (C=O) groups is 2. The molecule has 220 valence electrons. The number of hydrazone groups is 1. The van der Waals surface area contributed by atoms with E-state index in [0.29, 0.717) is 44.2 Å². The summed E-state index contributed by atoms with van der Waals surface area (Å²) in [6, 6.07) is 12.7. The van der Waals surface area contributed by atoms with Gasteiger partial charge in [-0.2, -0.15) is 5.10 Å². The molecule has 0 unspecified atom stereocenters. The van der Waals surface area contributed by atoms with Crippen molar-refractivity contribution in [2.24, 2.45) is 5.10 Å². The first kappa shape index (κ1) is 28.7. The molecule has 1 N–H and O–H groups in total. The molecule has 0 saturated carbocycles. The van der Waals surface area contributed by atoms with E-state index in [1.54, 1.807) is 12.0 Å². The van der Waals surface area contributed by atoms with Gasteiger partial charge in [0.25, 0.3) is 5.91 Å². The van der Waals surface area contributed by atoms with Crippen LogP contribution in [0, 0.1) is 0 Å². The highest BCUT2D eigenvalue weighted by Crippen LogP contribution is 2.39. The van der Waals surface area contributed by atoms with E-state index in [1.165, 1.54) is 5.01 Å². The Kier molecular flexibility index (Phi) is 8.65. The zero-order valence-electron chi connectivity index (χ0n) is 24.2. The number of hydrogen-bond acceptors (Lipinski definition) is 8. The maximum absolute atomic E-state index is 14.0. The van der Waals surface area contributed by atoms with E-state index < -0.39 is 5.54 Å². The number of nitrogens with one attached hydrogen (secondary N) is 1. The summed E-state index contributed by atoms with van der Waals surface area (Å²) in [5.41, 5.74) is 2.12. The van der Waals surface area contributed by atoms with E-state index in [1.807, 2.05) is 63.2 Å². The number of fused-ring (bicyclic) bond motifs is 1. The number of nitrogens with zero attached hydrogens (tertiary/aromatic N) is 4. The van der Waals surface area contributed by atoms with Crippen LogP contribution in [0.4, 0.5) is 4.79 Å². The fourth-order valence-corrected chi connectivity index (χ4v) is 5.05. The smallest absolute Gasteiger partial charge is 0.318 e. The Hall–Kier alpha value is -3.83. The van der Waals surface area contributed by atoms with Crippen LogP contribution in [0.25, 0.3) is 0 Å². The van der Waals surface area contributed by atoms with Crippen molar-refractivity contribution in [3.8, 4) is 17.2 Å². The van der Waals surface area contributed by atoms with Gasteiger partial charge in [0, 0.05) is 38.1 Å². The molecule has 11 nitrogen and oxygen atoms in total. The van der Waals surface area contributed by atoms with Gasteiger partial charge in [-0.05, 0) is 68.3 Å². The zero-order chi connectivity index (χ0) is 29.0. The van der Waals surface area contributed by atoms with Crippen LogP contribution < -0.4 is 19.5 Å². The van der Waals surface area contributed by atoms with E-state index in [-0.39, 0.29) is 31.3 Å². The highest BCUT2D eigenvalue weighted by atomic mass is 16.7. The number of benzene rings is 2. The minimum Gasteiger partial charge on any atom is -0.497 e. The third kappa shape index (κ3) is 7.09. The molecule has 3 aliphatic rings. The Morgan fingerprint density at radius 2 is 1.80 bits per heavy atom. The first-order chi connectivity index (χ1) is 19.7. The predicted octanol–water partition coefficient (Wildman–Crippen LogP) is 3.24. The zero-order valence-corrected chi connectivity index (χ0v) is 24.2. The number of ether oxygens (including phenoxy) is 4. The maximum Gasteiger partial charge on any atom is 0.318 e. The van der Waals surface area contributed by atoms with Gasteiger partial charge in [0.15, 0.2) is 11.5 Å². The average Bonchev–Trinajstić information content (AvgIpc) is 3.62. The van der Waals surface area contributed by atoms with Gasteiger partial charge in [0.1, 0.15) is 12.3 Å². The standard InChI is InChI=1S/C30H39N5O6/c1-30(2,3)31-29(37)34(12-11-33-13-15-39-16-14-33)19-28(36)35-25(22-7-10-26-27(17-22)41-20-40-26)18-24(32-35)21-5-8-23(38-4)9-6-21/h5-10,17,25H,11-16,18-20H2,1-4H3,(H,31,37)/t25-/m0/s1. The van der Waals surface area contributed by atoms with Crippen molar-refractivity contribution in [2.75, 3.05) is 59.8 Å². The lowest BCUT2D eigenvalue weighted by Gasteiger charge is -2.32. The second-order valence-electron chi connectivity index (χ2n) is 11.4. The molecule has 0 bridgehead atoms. The lowest BCUT2D eigenvalue weighted by Crippen LogP contribution is -2.53. The maximum atomic E-state index is 14.0. The number of hydrogen-bond donors (Lipinski definition) is 1. The summed E-state index contributed by atoms with van der Waals surface area (Å²) >= 11 is 0. The van der Waals surface area contributed by atoms with Gasteiger partial charge in [-0.25, -0.2) is 9.80 Å². The minimum absolute atomic E-state index is 0.104. The largest absolute Gasteiger partial charge is 0.497 e. The molecule has 0 aromatic heterocycles. The van der Waals surface area contributed by atoms with Crippen LogP contribution in [-0.2, 0) is 9.53 Å². The molecule has 11 heteroatoms. The van der Waals surface area contributed by atoms with Crippen molar-refractivity contribution < 1.29 is 28.5 Å². The van der Waals surface area contributed by atoms with Crippen LogP contribution in [0.1, 0.15) is 44.4 Å². The Labute approximate surface area is 241 Å². The Bertz CT molecular complexity index is 1270.